The maximum Gasteiger partial charge on any atom is 0.224 e. The Morgan fingerprint density at radius 2 is 1.43 bits per heavy atom. The highest BCUT2D eigenvalue weighted by molar-refractivity contribution is 7.83. The zero-order chi connectivity index (χ0) is 21.0. The van der Waals surface area contributed by atoms with Gasteiger partial charge in [0.05, 0.1) is 25.7 Å². The van der Waals surface area contributed by atoms with Gasteiger partial charge < -0.3 is 14.3 Å². The van der Waals surface area contributed by atoms with E-state index in [1.54, 1.807) is 6.07 Å². The molecule has 1 aromatic rings. The molecule has 1 aromatic carbocycles. The minimum Gasteiger partial charge on any atom is -0.508 e. The average molecular weight is 428 g/mol. The third-order valence-electron chi connectivity index (χ3n) is 5.38. The lowest BCUT2D eigenvalue weighted by atomic mass is 10.3. The lowest BCUT2D eigenvalue weighted by molar-refractivity contribution is 0.285. The fraction of sp³-hybridized carbons (Fsp3) is 0.739. The maximum absolute atomic E-state index is 10.3. The summed E-state index contributed by atoms with van der Waals surface area (Å²) in [5.41, 5.74) is 0. The molecule has 0 amide bonds. The second-order valence-electron chi connectivity index (χ2n) is 8.51. The molecular formula is C23H44O3PSi+. The summed E-state index contributed by atoms with van der Waals surface area (Å²) in [5.74, 6) is 1.37. The Morgan fingerprint density at radius 3 is 1.89 bits per heavy atom. The van der Waals surface area contributed by atoms with Crippen molar-refractivity contribution in [2.75, 3.05) is 31.3 Å². The molecule has 1 N–H and O–H groups in total. The van der Waals surface area contributed by atoms with Crippen molar-refractivity contribution in [1.29, 1.82) is 0 Å². The predicted octanol–water partition coefficient (Wildman–Crippen LogP) is 6.60. The largest absolute Gasteiger partial charge is 0.508 e. The van der Waals surface area contributed by atoms with Crippen LogP contribution in [0, 0.1) is 0 Å². The van der Waals surface area contributed by atoms with Crippen molar-refractivity contribution in [1.82, 2.24) is 0 Å². The first-order chi connectivity index (χ1) is 13.3. The Kier molecular flexibility index (Phi) is 11.7. The second-order valence-corrected chi connectivity index (χ2v) is 16.7. The second kappa shape index (κ2) is 12.9. The van der Waals surface area contributed by atoms with Gasteiger partial charge in [-0.2, -0.15) is 0 Å². The van der Waals surface area contributed by atoms with Gasteiger partial charge in [-0.1, -0.05) is 40.0 Å². The molecule has 0 radical (unpaired) electrons. The van der Waals surface area contributed by atoms with Crippen LogP contribution in [0.4, 0.5) is 0 Å². The highest BCUT2D eigenvalue weighted by Crippen LogP contribution is 2.61. The normalized spacial score (nSPS) is 12.4. The summed E-state index contributed by atoms with van der Waals surface area (Å²) in [7, 11) is -3.20. The minimum absolute atomic E-state index is 0.373. The van der Waals surface area contributed by atoms with Gasteiger partial charge in [-0.25, -0.2) is 0 Å². The minimum atomic E-state index is -1.83. The van der Waals surface area contributed by atoms with Crippen molar-refractivity contribution in [2.24, 2.45) is 0 Å². The smallest absolute Gasteiger partial charge is 0.224 e. The Morgan fingerprint density at radius 1 is 0.893 bits per heavy atom. The topological polar surface area (TPSA) is 38.7 Å². The van der Waals surface area contributed by atoms with E-state index in [0.29, 0.717) is 12.0 Å². The lowest BCUT2D eigenvalue weighted by Gasteiger charge is -2.30. The maximum atomic E-state index is 10.3. The van der Waals surface area contributed by atoms with Gasteiger partial charge in [0.2, 0.25) is 8.32 Å². The van der Waals surface area contributed by atoms with Crippen molar-refractivity contribution in [3.63, 3.8) is 0 Å². The van der Waals surface area contributed by atoms with E-state index < -0.39 is 15.6 Å². The molecule has 0 heterocycles. The van der Waals surface area contributed by atoms with Crippen LogP contribution >= 0.6 is 7.26 Å². The number of hydrogen-bond donors (Lipinski definition) is 1. The van der Waals surface area contributed by atoms with Gasteiger partial charge in [0.15, 0.2) is 5.75 Å². The molecule has 1 rings (SSSR count). The Balaban J connectivity index is 3.29. The van der Waals surface area contributed by atoms with Gasteiger partial charge >= 0.3 is 0 Å². The molecule has 0 saturated heterocycles. The molecule has 3 nitrogen and oxygen atoms in total. The number of rotatable bonds is 15. The first-order valence-electron chi connectivity index (χ1n) is 11.3. The van der Waals surface area contributed by atoms with Gasteiger partial charge in [-0.15, -0.1) is 0 Å². The Bertz CT molecular complexity index is 541. The third kappa shape index (κ3) is 8.04. The number of phenolic OH excluding ortho intramolecular Hbond substituents is 1. The quantitative estimate of drug-likeness (QED) is 0.253. The average Bonchev–Trinajstić information content (AvgIpc) is 2.67. The summed E-state index contributed by atoms with van der Waals surface area (Å²) < 4.78 is 12.4. The van der Waals surface area contributed by atoms with E-state index in [9.17, 15) is 5.11 Å². The molecule has 0 unspecified atom stereocenters. The van der Waals surface area contributed by atoms with E-state index in [-0.39, 0.29) is 0 Å². The van der Waals surface area contributed by atoms with Crippen LogP contribution in [0.25, 0.3) is 0 Å². The number of aromatic hydroxyl groups is 1. The van der Waals surface area contributed by atoms with Crippen LogP contribution in [0.15, 0.2) is 18.2 Å². The first-order valence-corrected chi connectivity index (χ1v) is 16.8. The molecule has 0 bridgehead atoms. The molecular weight excluding hydrogens is 383 g/mol. The predicted molar refractivity (Wildman–Crippen MR) is 129 cm³/mol. The number of phenols is 1. The van der Waals surface area contributed by atoms with Crippen molar-refractivity contribution in [3.8, 4) is 11.5 Å². The first kappa shape index (κ1) is 25.5. The standard InChI is InChI=1S/C23H43O3PSi/c1-7-11-16-27(17-12-8-2,18-13-9-3)23-19-21(24)14-15-22(23)25-20-28(5,6)26-10-4/h14-15,19H,7-13,16-18,20H2,1-6H3/p+1. The van der Waals surface area contributed by atoms with Gasteiger partial charge in [0.25, 0.3) is 0 Å². The van der Waals surface area contributed by atoms with Crippen LogP contribution in [0.1, 0.15) is 66.2 Å². The number of unbranched alkanes of at least 4 members (excludes halogenated alkanes) is 3. The van der Waals surface area contributed by atoms with E-state index >= 15 is 0 Å². The van der Waals surface area contributed by atoms with Crippen molar-refractivity contribution < 1.29 is 14.3 Å². The zero-order valence-electron chi connectivity index (χ0n) is 19.2. The van der Waals surface area contributed by atoms with E-state index in [1.807, 2.05) is 12.1 Å². The van der Waals surface area contributed by atoms with Crippen LogP contribution in [0.2, 0.25) is 13.1 Å². The van der Waals surface area contributed by atoms with Gasteiger partial charge in [-0.3, -0.25) is 0 Å². The summed E-state index contributed by atoms with van der Waals surface area (Å²) >= 11 is 0. The summed E-state index contributed by atoms with van der Waals surface area (Å²) in [6.45, 7) is 14.1. The molecule has 0 aliphatic rings. The molecule has 0 aromatic heterocycles. The monoisotopic (exact) mass is 427 g/mol. The van der Waals surface area contributed by atoms with E-state index in [2.05, 4.69) is 40.8 Å². The molecule has 28 heavy (non-hydrogen) atoms. The molecule has 162 valence electrons. The fourth-order valence-electron chi connectivity index (χ4n) is 3.76. The van der Waals surface area contributed by atoms with Crippen molar-refractivity contribution >= 4 is 20.9 Å². The molecule has 0 saturated carbocycles. The molecule has 5 heteroatoms. The van der Waals surface area contributed by atoms with E-state index in [0.717, 1.165) is 12.4 Å². The van der Waals surface area contributed by atoms with Gasteiger partial charge in [0, 0.05) is 12.7 Å². The van der Waals surface area contributed by atoms with E-state index in [4.69, 9.17) is 9.16 Å². The summed E-state index contributed by atoms with van der Waals surface area (Å²) in [5, 5.41) is 11.7. The summed E-state index contributed by atoms with van der Waals surface area (Å²) in [6, 6.07) is 5.81. The zero-order valence-corrected chi connectivity index (χ0v) is 21.1. The van der Waals surface area contributed by atoms with Crippen molar-refractivity contribution in [3.05, 3.63) is 18.2 Å². The van der Waals surface area contributed by atoms with Crippen molar-refractivity contribution in [2.45, 2.75) is 79.3 Å². The lowest BCUT2D eigenvalue weighted by Crippen LogP contribution is -2.39. The third-order valence-corrected chi connectivity index (χ3v) is 12.2. The molecule has 0 aliphatic heterocycles. The Labute approximate surface area is 175 Å². The highest BCUT2D eigenvalue weighted by Gasteiger charge is 2.41. The molecule has 0 fully saturated rings. The van der Waals surface area contributed by atoms with Crippen LogP contribution in [0.5, 0.6) is 11.5 Å². The van der Waals surface area contributed by atoms with Crippen LogP contribution in [-0.2, 0) is 4.43 Å². The van der Waals surface area contributed by atoms with Gasteiger partial charge in [-0.05, 0) is 51.4 Å². The van der Waals surface area contributed by atoms with Gasteiger partial charge in [0.1, 0.15) is 17.3 Å². The number of benzene rings is 1. The SMILES string of the molecule is CCCC[P+](CCCC)(CCCC)c1cc(O)ccc1OC[Si](C)(C)OCC. The number of hydrogen-bond acceptors (Lipinski definition) is 3. The summed E-state index contributed by atoms with van der Waals surface area (Å²) in [6.07, 6.45) is 11.9. The van der Waals surface area contributed by atoms with Crippen LogP contribution in [0.3, 0.4) is 0 Å². The van der Waals surface area contributed by atoms with Crippen LogP contribution < -0.4 is 10.0 Å². The molecule has 0 atom stereocenters. The highest BCUT2D eigenvalue weighted by atomic mass is 31.2. The van der Waals surface area contributed by atoms with Crippen LogP contribution in [-0.4, -0.2) is 44.7 Å². The Hall–Kier alpha value is -0.573. The molecule has 0 aliphatic carbocycles. The molecule has 0 spiro atoms. The number of ether oxygens (including phenoxy) is 1. The fourth-order valence-corrected chi connectivity index (χ4v) is 10.3. The van der Waals surface area contributed by atoms with E-state index in [1.165, 1.54) is 62.3 Å². The summed E-state index contributed by atoms with van der Waals surface area (Å²) in [4.78, 5) is 0.